The van der Waals surface area contributed by atoms with E-state index in [9.17, 15) is 14.4 Å². The molecule has 1 spiro atoms. The zero-order valence-corrected chi connectivity index (χ0v) is 18.4. The fourth-order valence-electron chi connectivity index (χ4n) is 6.84. The van der Waals surface area contributed by atoms with E-state index in [0.717, 1.165) is 23.6 Å². The molecule has 7 heteroatoms. The largest absolute Gasteiger partial charge is 0.323 e. The van der Waals surface area contributed by atoms with Crippen LogP contribution in [0.4, 0.5) is 11.4 Å². The van der Waals surface area contributed by atoms with Gasteiger partial charge in [0.2, 0.25) is 11.8 Å². The van der Waals surface area contributed by atoms with Gasteiger partial charge >= 0.3 is 0 Å². The zero-order valence-electron chi connectivity index (χ0n) is 17.6. The third kappa shape index (κ3) is 2.16. The van der Waals surface area contributed by atoms with E-state index in [1.807, 2.05) is 54.6 Å². The summed E-state index contributed by atoms with van der Waals surface area (Å²) < 4.78 is 0. The van der Waals surface area contributed by atoms with Crippen molar-refractivity contribution in [3.63, 3.8) is 0 Å². The number of para-hydroxylation sites is 1. The highest BCUT2D eigenvalue weighted by molar-refractivity contribution is 6.35. The summed E-state index contributed by atoms with van der Waals surface area (Å²) in [6.07, 6.45) is 1.67. The molecule has 3 saturated heterocycles. The number of nitrogens with one attached hydrogen (secondary N) is 1. The number of anilines is 2. The van der Waals surface area contributed by atoms with Gasteiger partial charge in [0.25, 0.3) is 5.91 Å². The van der Waals surface area contributed by atoms with E-state index >= 15 is 0 Å². The number of amides is 3. The zero-order chi connectivity index (χ0) is 22.5. The van der Waals surface area contributed by atoms with Crippen LogP contribution < -0.4 is 10.2 Å². The normalized spacial score (nSPS) is 30.3. The second kappa shape index (κ2) is 6.43. The van der Waals surface area contributed by atoms with Crippen LogP contribution in [0.15, 0.2) is 60.7 Å². The van der Waals surface area contributed by atoms with Crippen molar-refractivity contribution in [2.24, 2.45) is 11.8 Å². The van der Waals surface area contributed by atoms with Crippen molar-refractivity contribution in [2.45, 2.75) is 24.4 Å². The number of carbonyl (C=O) groups is 3. The second-order valence-electron chi connectivity index (χ2n) is 9.30. The maximum absolute atomic E-state index is 14.1. The summed E-state index contributed by atoms with van der Waals surface area (Å²) in [5.74, 6) is -2.12. The number of hydrogen-bond acceptors (Lipinski definition) is 4. The Morgan fingerprint density at radius 1 is 0.939 bits per heavy atom. The smallest absolute Gasteiger partial charge is 0.250 e. The van der Waals surface area contributed by atoms with Crippen LogP contribution >= 0.6 is 11.6 Å². The van der Waals surface area contributed by atoms with Crippen LogP contribution in [0.5, 0.6) is 0 Å². The first-order valence-electron chi connectivity index (χ1n) is 11.3. The van der Waals surface area contributed by atoms with Crippen molar-refractivity contribution < 1.29 is 14.4 Å². The first-order chi connectivity index (χ1) is 16.0. The number of fused-ring (bicyclic) bond motifs is 8. The Kier molecular flexibility index (Phi) is 3.75. The van der Waals surface area contributed by atoms with Gasteiger partial charge in [-0.05, 0) is 36.9 Å². The van der Waals surface area contributed by atoms with Gasteiger partial charge in [0, 0.05) is 17.0 Å². The molecular formula is C26H20ClN3O3. The first-order valence-corrected chi connectivity index (χ1v) is 11.7. The lowest BCUT2D eigenvalue weighted by Crippen LogP contribution is -2.54. The van der Waals surface area contributed by atoms with Crippen molar-refractivity contribution in [2.75, 3.05) is 16.8 Å². The van der Waals surface area contributed by atoms with Crippen molar-refractivity contribution in [1.29, 1.82) is 0 Å². The van der Waals surface area contributed by atoms with Crippen LogP contribution in [0.1, 0.15) is 18.4 Å². The predicted octanol–water partition coefficient (Wildman–Crippen LogP) is 3.92. The molecule has 4 heterocycles. The third-order valence-corrected chi connectivity index (χ3v) is 8.30. The van der Waals surface area contributed by atoms with E-state index in [4.69, 9.17) is 11.6 Å². The van der Waals surface area contributed by atoms with E-state index in [2.05, 4.69) is 10.2 Å². The predicted molar refractivity (Wildman–Crippen MR) is 125 cm³/mol. The maximum Gasteiger partial charge on any atom is 0.250 e. The molecule has 0 unspecified atom stereocenters. The van der Waals surface area contributed by atoms with E-state index in [0.29, 0.717) is 28.5 Å². The lowest BCUT2D eigenvalue weighted by Gasteiger charge is -2.36. The SMILES string of the molecule is O=C1[C@H]2[C@@H](C(=O)N1c1cccc3ccccc13)[C@@]1(C(=O)Nc3c(Cl)cccc31)N1CCC[C@@H]21. The number of rotatable bonds is 1. The molecule has 0 aliphatic carbocycles. The van der Waals surface area contributed by atoms with Gasteiger partial charge in [-0.15, -0.1) is 0 Å². The monoisotopic (exact) mass is 457 g/mol. The molecule has 4 atom stereocenters. The molecule has 0 bridgehead atoms. The fourth-order valence-corrected chi connectivity index (χ4v) is 7.06. The molecule has 0 saturated carbocycles. The standard InChI is InChI=1S/C26H20ClN3O3/c27-17-10-4-9-16-22(17)28-25(33)26(16)21-20(19-12-5-13-29(19)26)23(31)30(24(21)32)18-11-3-7-14-6-1-2-8-15(14)18/h1-4,6-11,19-21H,5,12-13H2,(H,28,33)/t19-,20+,21-,26-/m0/s1. The summed E-state index contributed by atoms with van der Waals surface area (Å²) in [6.45, 7) is 0.672. The van der Waals surface area contributed by atoms with E-state index in [1.165, 1.54) is 4.90 Å². The molecule has 164 valence electrons. The first kappa shape index (κ1) is 19.3. The Balaban J connectivity index is 1.46. The minimum Gasteiger partial charge on any atom is -0.323 e. The summed E-state index contributed by atoms with van der Waals surface area (Å²) in [5.41, 5.74) is 0.638. The quantitative estimate of drug-likeness (QED) is 0.562. The average Bonchev–Trinajstić information content (AvgIpc) is 3.53. The second-order valence-corrected chi connectivity index (χ2v) is 9.71. The molecule has 3 aromatic carbocycles. The molecule has 3 fully saturated rings. The van der Waals surface area contributed by atoms with E-state index < -0.39 is 17.4 Å². The van der Waals surface area contributed by atoms with Crippen molar-refractivity contribution in [3.8, 4) is 0 Å². The molecule has 0 aromatic heterocycles. The van der Waals surface area contributed by atoms with Gasteiger partial charge in [0.1, 0.15) is 5.54 Å². The Hall–Kier alpha value is -3.22. The Labute approximate surface area is 195 Å². The van der Waals surface area contributed by atoms with Gasteiger partial charge < -0.3 is 5.32 Å². The highest BCUT2D eigenvalue weighted by Gasteiger charge is 2.74. The third-order valence-electron chi connectivity index (χ3n) is 7.98. The molecular weight excluding hydrogens is 438 g/mol. The van der Waals surface area contributed by atoms with Crippen LogP contribution in [-0.4, -0.2) is 35.2 Å². The highest BCUT2D eigenvalue weighted by atomic mass is 35.5. The number of hydrogen-bond donors (Lipinski definition) is 1. The lowest BCUT2D eigenvalue weighted by atomic mass is 9.75. The van der Waals surface area contributed by atoms with Gasteiger partial charge in [-0.2, -0.15) is 0 Å². The Morgan fingerprint density at radius 2 is 1.73 bits per heavy atom. The summed E-state index contributed by atoms with van der Waals surface area (Å²) in [4.78, 5) is 45.2. The van der Waals surface area contributed by atoms with E-state index in [1.54, 1.807) is 6.07 Å². The minimum absolute atomic E-state index is 0.151. The summed E-state index contributed by atoms with van der Waals surface area (Å²) in [5, 5.41) is 5.20. The molecule has 33 heavy (non-hydrogen) atoms. The van der Waals surface area contributed by atoms with Gasteiger partial charge in [-0.25, -0.2) is 4.90 Å². The topological polar surface area (TPSA) is 69.7 Å². The molecule has 4 aliphatic heterocycles. The van der Waals surface area contributed by atoms with Crippen LogP contribution in [0.2, 0.25) is 5.02 Å². The van der Waals surface area contributed by atoms with Gasteiger partial charge in [-0.3, -0.25) is 19.3 Å². The maximum atomic E-state index is 14.1. The van der Waals surface area contributed by atoms with Crippen molar-refractivity contribution >= 4 is 51.5 Å². The Morgan fingerprint density at radius 3 is 2.61 bits per heavy atom. The molecule has 4 aliphatic rings. The molecule has 0 radical (unpaired) electrons. The number of carbonyl (C=O) groups excluding carboxylic acids is 3. The minimum atomic E-state index is -1.21. The van der Waals surface area contributed by atoms with Crippen molar-refractivity contribution in [3.05, 3.63) is 71.2 Å². The van der Waals surface area contributed by atoms with Crippen LogP contribution in [0.3, 0.4) is 0 Å². The van der Waals surface area contributed by atoms with Gasteiger partial charge in [-0.1, -0.05) is 60.1 Å². The molecule has 7 rings (SSSR count). The number of halogens is 1. The molecule has 3 aromatic rings. The summed E-state index contributed by atoms with van der Waals surface area (Å²) in [6, 6.07) is 18.6. The molecule has 6 nitrogen and oxygen atoms in total. The number of benzene rings is 3. The summed E-state index contributed by atoms with van der Waals surface area (Å²) in [7, 11) is 0. The summed E-state index contributed by atoms with van der Waals surface area (Å²) >= 11 is 6.44. The van der Waals surface area contributed by atoms with E-state index in [-0.39, 0.29) is 23.8 Å². The van der Waals surface area contributed by atoms with Gasteiger partial charge in [0.15, 0.2) is 0 Å². The van der Waals surface area contributed by atoms with Crippen LogP contribution in [0, 0.1) is 11.8 Å². The Bertz CT molecular complexity index is 1400. The molecule has 1 N–H and O–H groups in total. The molecule has 3 amide bonds. The lowest BCUT2D eigenvalue weighted by molar-refractivity contribution is -0.135. The van der Waals surface area contributed by atoms with Crippen LogP contribution in [0.25, 0.3) is 10.8 Å². The van der Waals surface area contributed by atoms with Crippen LogP contribution in [-0.2, 0) is 19.9 Å². The number of nitrogens with zero attached hydrogens (tertiary/aromatic N) is 2. The fraction of sp³-hybridized carbons (Fsp3) is 0.269. The van der Waals surface area contributed by atoms with Crippen molar-refractivity contribution in [1.82, 2.24) is 4.90 Å². The highest BCUT2D eigenvalue weighted by Crippen LogP contribution is 2.61. The van der Waals surface area contributed by atoms with Gasteiger partial charge in [0.05, 0.1) is 28.2 Å². The number of imide groups is 1. The average molecular weight is 458 g/mol.